The molecule has 0 saturated heterocycles. The van der Waals surface area contributed by atoms with Gasteiger partial charge in [0.05, 0.1) is 7.11 Å². The number of carbonyl (C=O) groups is 2. The average Bonchev–Trinajstić information content (AvgIpc) is 2.25. The summed E-state index contributed by atoms with van der Waals surface area (Å²) < 4.78 is 9.72. The lowest BCUT2D eigenvalue weighted by atomic mass is 10.0. The van der Waals surface area contributed by atoms with Gasteiger partial charge in [-0.05, 0) is 39.8 Å². The van der Waals surface area contributed by atoms with Crippen LogP contribution in [0, 0.1) is 6.57 Å². The predicted octanol–water partition coefficient (Wildman–Crippen LogP) is 1.92. The van der Waals surface area contributed by atoms with Crippen molar-refractivity contribution in [2.24, 2.45) is 0 Å². The fourth-order valence-electron chi connectivity index (χ4n) is 1.23. The summed E-state index contributed by atoms with van der Waals surface area (Å²) in [6.07, 6.45) is 2.18. The monoisotopic (exact) mass is 268 g/mol. The highest BCUT2D eigenvalue weighted by Crippen LogP contribution is 2.12. The van der Waals surface area contributed by atoms with Gasteiger partial charge in [0.15, 0.2) is 5.54 Å². The van der Waals surface area contributed by atoms with Crippen LogP contribution in [0.4, 0.5) is 4.79 Å². The van der Waals surface area contributed by atoms with Gasteiger partial charge in [-0.25, -0.2) is 16.2 Å². The summed E-state index contributed by atoms with van der Waals surface area (Å²) in [5.41, 5.74) is -2.02. The van der Waals surface area contributed by atoms with Gasteiger partial charge in [-0.15, -0.1) is 0 Å². The maximum Gasteiger partial charge on any atom is 0.408 e. The Morgan fingerprint density at radius 3 is 2.32 bits per heavy atom. The number of nitrogens with one attached hydrogen (secondary N) is 1. The quantitative estimate of drug-likeness (QED) is 0.480. The SMILES string of the molecule is [C-]#[N+]C/C=C/[C@](C)(NC(=O)OC(C)(C)C)C(=O)OC. The van der Waals surface area contributed by atoms with Crippen LogP contribution in [0.25, 0.3) is 4.85 Å². The predicted molar refractivity (Wildman–Crippen MR) is 70.4 cm³/mol. The van der Waals surface area contributed by atoms with Crippen molar-refractivity contribution in [2.45, 2.75) is 38.8 Å². The van der Waals surface area contributed by atoms with Crippen LogP contribution in [0.2, 0.25) is 0 Å². The van der Waals surface area contributed by atoms with Crippen molar-refractivity contribution < 1.29 is 19.1 Å². The third-order valence-electron chi connectivity index (χ3n) is 2.02. The summed E-state index contributed by atoms with van der Waals surface area (Å²) >= 11 is 0. The Kier molecular flexibility index (Phi) is 6.06. The van der Waals surface area contributed by atoms with Crippen LogP contribution in [0.1, 0.15) is 27.7 Å². The Hall–Kier alpha value is -2.03. The minimum absolute atomic E-state index is 0.114. The third-order valence-corrected chi connectivity index (χ3v) is 2.02. The fraction of sp³-hybridized carbons (Fsp3) is 0.615. The van der Waals surface area contributed by atoms with Crippen LogP contribution < -0.4 is 5.32 Å². The lowest BCUT2D eigenvalue weighted by Crippen LogP contribution is -2.52. The van der Waals surface area contributed by atoms with Gasteiger partial charge >= 0.3 is 12.1 Å². The Morgan fingerprint density at radius 2 is 1.89 bits per heavy atom. The van der Waals surface area contributed by atoms with Crippen molar-refractivity contribution in [1.29, 1.82) is 0 Å². The maximum atomic E-state index is 11.7. The fourth-order valence-corrected chi connectivity index (χ4v) is 1.23. The average molecular weight is 268 g/mol. The topological polar surface area (TPSA) is 69.0 Å². The van der Waals surface area contributed by atoms with Gasteiger partial charge in [0.25, 0.3) is 0 Å². The second-order valence-electron chi connectivity index (χ2n) is 5.06. The zero-order valence-corrected chi connectivity index (χ0v) is 11.9. The van der Waals surface area contributed by atoms with Gasteiger partial charge in [0.1, 0.15) is 5.60 Å². The minimum atomic E-state index is -1.36. The smallest absolute Gasteiger partial charge is 0.408 e. The Bertz CT molecular complexity index is 404. The third kappa shape index (κ3) is 6.46. The molecule has 0 aromatic carbocycles. The highest BCUT2D eigenvalue weighted by molar-refractivity contribution is 5.87. The molecule has 1 amide bonds. The summed E-state index contributed by atoms with van der Waals surface area (Å²) in [4.78, 5) is 26.5. The minimum Gasteiger partial charge on any atom is -0.467 e. The zero-order chi connectivity index (χ0) is 15.1. The van der Waals surface area contributed by atoms with Gasteiger partial charge in [-0.3, -0.25) is 0 Å². The van der Waals surface area contributed by atoms with Crippen molar-refractivity contribution >= 4 is 12.1 Å². The number of carbonyl (C=O) groups excluding carboxylic acids is 2. The summed E-state index contributed by atoms with van der Waals surface area (Å²) in [6.45, 7) is 13.4. The second kappa shape index (κ2) is 6.78. The van der Waals surface area contributed by atoms with Crippen molar-refractivity contribution in [1.82, 2.24) is 5.32 Å². The number of methoxy groups -OCH3 is 1. The van der Waals surface area contributed by atoms with E-state index in [1.807, 2.05) is 0 Å². The molecule has 1 N–H and O–H groups in total. The molecule has 0 spiro atoms. The Labute approximate surface area is 113 Å². The molecular weight excluding hydrogens is 248 g/mol. The maximum absolute atomic E-state index is 11.7. The number of amides is 1. The molecule has 1 atom stereocenters. The van der Waals surface area contributed by atoms with E-state index in [0.717, 1.165) is 0 Å². The Balaban J connectivity index is 4.93. The molecule has 0 saturated carbocycles. The number of ether oxygens (including phenoxy) is 2. The molecule has 0 fully saturated rings. The molecule has 6 nitrogen and oxygen atoms in total. The molecule has 0 unspecified atom stereocenters. The number of esters is 1. The standard InChI is InChI=1S/C13H20N2O4/c1-12(2,3)19-11(17)15-13(4,10(16)18-6)8-7-9-14-5/h7-8H,9H2,1-4,6H3,(H,15,17)/b8-7+/t13-/m0/s1. The van der Waals surface area contributed by atoms with E-state index in [0.29, 0.717) is 0 Å². The number of nitrogens with zero attached hydrogens (tertiary/aromatic N) is 1. The van der Waals surface area contributed by atoms with E-state index in [9.17, 15) is 9.59 Å². The first-order valence-corrected chi connectivity index (χ1v) is 5.75. The second-order valence-corrected chi connectivity index (χ2v) is 5.06. The molecule has 6 heteroatoms. The van der Waals surface area contributed by atoms with E-state index in [-0.39, 0.29) is 6.54 Å². The van der Waals surface area contributed by atoms with Crippen LogP contribution in [0.3, 0.4) is 0 Å². The number of hydrogen-bond donors (Lipinski definition) is 1. The lowest BCUT2D eigenvalue weighted by Gasteiger charge is -2.27. The number of hydrogen-bond acceptors (Lipinski definition) is 4. The van der Waals surface area contributed by atoms with Crippen molar-refractivity contribution in [3.05, 3.63) is 23.6 Å². The number of alkyl carbamates (subject to hydrolysis) is 1. The molecule has 0 rings (SSSR count). The largest absolute Gasteiger partial charge is 0.467 e. The summed E-state index contributed by atoms with van der Waals surface area (Å²) in [5, 5.41) is 2.43. The van der Waals surface area contributed by atoms with Crippen LogP contribution in [0.5, 0.6) is 0 Å². The van der Waals surface area contributed by atoms with Gasteiger partial charge in [0, 0.05) is 0 Å². The molecule has 0 radical (unpaired) electrons. The van der Waals surface area contributed by atoms with Crippen molar-refractivity contribution in [3.63, 3.8) is 0 Å². The molecule has 0 aromatic rings. The normalized spacial score (nSPS) is 14.3. The number of rotatable bonds is 4. The molecular formula is C13H20N2O4. The van der Waals surface area contributed by atoms with Gasteiger partial charge < -0.3 is 19.6 Å². The van der Waals surface area contributed by atoms with Gasteiger partial charge in [-0.1, -0.05) is 0 Å². The first-order chi connectivity index (χ1) is 8.64. The Morgan fingerprint density at radius 1 is 1.32 bits per heavy atom. The van der Waals surface area contributed by atoms with E-state index < -0.39 is 23.2 Å². The summed E-state index contributed by atoms with van der Waals surface area (Å²) in [7, 11) is 1.22. The van der Waals surface area contributed by atoms with E-state index in [1.54, 1.807) is 20.8 Å². The zero-order valence-electron chi connectivity index (χ0n) is 11.9. The van der Waals surface area contributed by atoms with Gasteiger partial charge in [0.2, 0.25) is 6.54 Å². The van der Waals surface area contributed by atoms with Crippen LogP contribution in [0.15, 0.2) is 12.2 Å². The molecule has 19 heavy (non-hydrogen) atoms. The lowest BCUT2D eigenvalue weighted by molar-refractivity contribution is -0.145. The van der Waals surface area contributed by atoms with Crippen LogP contribution in [-0.2, 0) is 14.3 Å². The van der Waals surface area contributed by atoms with E-state index in [1.165, 1.54) is 26.2 Å². The van der Waals surface area contributed by atoms with E-state index in [4.69, 9.17) is 11.3 Å². The van der Waals surface area contributed by atoms with Crippen molar-refractivity contribution in [3.8, 4) is 0 Å². The van der Waals surface area contributed by atoms with Gasteiger partial charge in [-0.2, -0.15) is 0 Å². The summed E-state index contributed by atoms with van der Waals surface area (Å²) in [6, 6.07) is 0. The molecule has 0 aromatic heterocycles. The van der Waals surface area contributed by atoms with Crippen molar-refractivity contribution in [2.75, 3.05) is 13.7 Å². The highest BCUT2D eigenvalue weighted by Gasteiger charge is 2.35. The first kappa shape index (κ1) is 17.0. The molecule has 0 aliphatic heterocycles. The van der Waals surface area contributed by atoms with Crippen LogP contribution >= 0.6 is 0 Å². The molecule has 106 valence electrons. The van der Waals surface area contributed by atoms with E-state index in [2.05, 4.69) is 14.9 Å². The van der Waals surface area contributed by atoms with E-state index >= 15 is 0 Å². The molecule has 0 aliphatic rings. The molecule has 0 bridgehead atoms. The summed E-state index contributed by atoms with van der Waals surface area (Å²) in [5.74, 6) is -0.639. The molecule has 0 aliphatic carbocycles. The first-order valence-electron chi connectivity index (χ1n) is 5.75. The highest BCUT2D eigenvalue weighted by atomic mass is 16.6. The van der Waals surface area contributed by atoms with Crippen LogP contribution in [-0.4, -0.2) is 36.9 Å². The molecule has 0 heterocycles.